The second-order valence-corrected chi connectivity index (χ2v) is 6.05. The number of ketones is 1. The second kappa shape index (κ2) is 5.76. The quantitative estimate of drug-likeness (QED) is 0.748. The molecule has 18 heavy (non-hydrogen) atoms. The van der Waals surface area contributed by atoms with Gasteiger partial charge in [0.1, 0.15) is 5.82 Å². The van der Waals surface area contributed by atoms with E-state index < -0.39 is 0 Å². The normalized spacial score (nSPS) is 10.6. The van der Waals surface area contributed by atoms with E-state index in [0.717, 1.165) is 11.3 Å². The van der Waals surface area contributed by atoms with E-state index in [1.165, 1.54) is 17.0 Å². The van der Waals surface area contributed by atoms with Gasteiger partial charge in [-0.1, -0.05) is 22.9 Å². The Kier molecular flexibility index (Phi) is 4.30. The molecule has 0 radical (unpaired) electrons. The van der Waals surface area contributed by atoms with Gasteiger partial charge >= 0.3 is 0 Å². The zero-order valence-corrected chi connectivity index (χ0v) is 12.3. The van der Waals surface area contributed by atoms with E-state index in [-0.39, 0.29) is 11.6 Å². The first-order valence-electron chi connectivity index (χ1n) is 5.66. The third-order valence-electron chi connectivity index (χ3n) is 2.63. The molecule has 0 N–H and O–H groups in total. The van der Waals surface area contributed by atoms with Crippen molar-refractivity contribution in [1.82, 2.24) is 0 Å². The number of benzene rings is 1. The molecular weight excluding hydrogens is 315 g/mol. The molecule has 4 heteroatoms. The highest BCUT2D eigenvalue weighted by Gasteiger charge is 2.13. The molecule has 0 aliphatic rings. The van der Waals surface area contributed by atoms with Crippen LogP contribution in [-0.4, -0.2) is 5.78 Å². The van der Waals surface area contributed by atoms with Gasteiger partial charge < -0.3 is 0 Å². The van der Waals surface area contributed by atoms with Crippen LogP contribution in [0.3, 0.4) is 0 Å². The Morgan fingerprint density at radius 1 is 1.28 bits per heavy atom. The Morgan fingerprint density at radius 3 is 2.67 bits per heavy atom. The largest absolute Gasteiger partial charge is 0.294 e. The monoisotopic (exact) mass is 326 g/mol. The lowest BCUT2D eigenvalue weighted by Gasteiger charge is -2.02. The summed E-state index contributed by atoms with van der Waals surface area (Å²) < 4.78 is 13.8. The maximum atomic E-state index is 13.1. The van der Waals surface area contributed by atoms with Crippen molar-refractivity contribution in [1.29, 1.82) is 0 Å². The molecule has 0 bridgehead atoms. The lowest BCUT2D eigenvalue weighted by atomic mass is 10.1. The maximum Gasteiger partial charge on any atom is 0.169 e. The van der Waals surface area contributed by atoms with Crippen LogP contribution in [0.1, 0.15) is 27.0 Å². The number of hydrogen-bond donors (Lipinski definition) is 0. The molecule has 2 rings (SSSR count). The summed E-state index contributed by atoms with van der Waals surface area (Å²) in [5.41, 5.74) is 0.404. The third-order valence-corrected chi connectivity index (χ3v) is 4.55. The van der Waals surface area contributed by atoms with E-state index in [4.69, 9.17) is 0 Å². The van der Waals surface area contributed by atoms with E-state index >= 15 is 0 Å². The summed E-state index contributed by atoms with van der Waals surface area (Å²) in [6.07, 6.45) is 1.30. The summed E-state index contributed by atoms with van der Waals surface area (Å²) in [4.78, 5) is 14.4. The van der Waals surface area contributed by atoms with E-state index in [9.17, 15) is 9.18 Å². The molecule has 1 aromatic heterocycles. The Bertz CT molecular complexity index is 577. The lowest BCUT2D eigenvalue weighted by Crippen LogP contribution is -2.03. The van der Waals surface area contributed by atoms with Gasteiger partial charge in [0.25, 0.3) is 0 Å². The van der Waals surface area contributed by atoms with Gasteiger partial charge in [-0.05, 0) is 36.8 Å². The summed E-state index contributed by atoms with van der Waals surface area (Å²) in [6.45, 7) is 2.08. The molecule has 1 aromatic carbocycles. The van der Waals surface area contributed by atoms with Crippen LogP contribution in [0.2, 0.25) is 0 Å². The van der Waals surface area contributed by atoms with Crippen LogP contribution >= 0.6 is 27.3 Å². The minimum Gasteiger partial charge on any atom is -0.294 e. The van der Waals surface area contributed by atoms with Crippen molar-refractivity contribution >= 4 is 33.0 Å². The van der Waals surface area contributed by atoms with Gasteiger partial charge in [0.05, 0.1) is 0 Å². The summed E-state index contributed by atoms with van der Waals surface area (Å²) in [6, 6.07) is 8.18. The predicted molar refractivity (Wildman–Crippen MR) is 75.8 cm³/mol. The molecule has 1 nitrogen and oxygen atoms in total. The van der Waals surface area contributed by atoms with Gasteiger partial charge in [-0.3, -0.25) is 4.79 Å². The van der Waals surface area contributed by atoms with Gasteiger partial charge in [-0.25, -0.2) is 4.39 Å². The molecule has 2 aromatic rings. The van der Waals surface area contributed by atoms with Crippen LogP contribution in [0.4, 0.5) is 4.39 Å². The molecule has 1 heterocycles. The average Bonchev–Trinajstić information content (AvgIpc) is 2.80. The molecular formula is C14H12BrFOS. The van der Waals surface area contributed by atoms with Crippen molar-refractivity contribution < 1.29 is 9.18 Å². The SMILES string of the molecule is CCc1ccc(CC(=O)c2cc(F)ccc2Br)s1. The first kappa shape index (κ1) is 13.4. The molecule has 0 spiro atoms. The first-order valence-corrected chi connectivity index (χ1v) is 7.27. The highest BCUT2D eigenvalue weighted by Crippen LogP contribution is 2.23. The number of halogens is 2. The Labute approximate surface area is 118 Å². The van der Waals surface area contributed by atoms with Gasteiger partial charge in [-0.2, -0.15) is 0 Å². The summed E-state index contributed by atoms with van der Waals surface area (Å²) >= 11 is 4.92. The van der Waals surface area contributed by atoms with Gasteiger partial charge in [-0.15, -0.1) is 11.3 Å². The van der Waals surface area contributed by atoms with E-state index in [2.05, 4.69) is 22.9 Å². The van der Waals surface area contributed by atoms with Crippen LogP contribution in [0.5, 0.6) is 0 Å². The molecule has 0 saturated heterocycles. The van der Waals surface area contributed by atoms with Crippen LogP contribution in [0.15, 0.2) is 34.8 Å². The molecule has 0 unspecified atom stereocenters. The summed E-state index contributed by atoms with van der Waals surface area (Å²) in [5, 5.41) is 0. The Morgan fingerprint density at radius 2 is 2.00 bits per heavy atom. The minimum atomic E-state index is -0.387. The third kappa shape index (κ3) is 3.06. The van der Waals surface area contributed by atoms with Crippen molar-refractivity contribution in [2.45, 2.75) is 19.8 Å². The fourth-order valence-electron chi connectivity index (χ4n) is 1.67. The van der Waals surface area contributed by atoms with Crippen molar-refractivity contribution in [2.24, 2.45) is 0 Å². The van der Waals surface area contributed by atoms with Crippen molar-refractivity contribution in [3.63, 3.8) is 0 Å². The minimum absolute atomic E-state index is 0.0640. The Hall–Kier alpha value is -1.00. The fourth-order valence-corrected chi connectivity index (χ4v) is 3.10. The molecule has 0 fully saturated rings. The van der Waals surface area contributed by atoms with Gasteiger partial charge in [0.15, 0.2) is 5.78 Å². The Balaban J connectivity index is 2.19. The predicted octanol–water partition coefficient (Wildman–Crippen LogP) is 4.64. The second-order valence-electron chi connectivity index (χ2n) is 3.95. The summed E-state index contributed by atoms with van der Waals surface area (Å²) in [7, 11) is 0. The summed E-state index contributed by atoms with van der Waals surface area (Å²) in [5.74, 6) is -0.451. The molecule has 0 saturated carbocycles. The van der Waals surface area contributed by atoms with Crippen molar-refractivity contribution in [3.8, 4) is 0 Å². The van der Waals surface area contributed by atoms with Crippen LogP contribution in [-0.2, 0) is 12.8 Å². The molecule has 94 valence electrons. The number of Topliss-reactive ketones (excluding diaryl/α,β-unsaturated/α-hetero) is 1. The maximum absolute atomic E-state index is 13.1. The first-order chi connectivity index (χ1) is 8.60. The van der Waals surface area contributed by atoms with Crippen LogP contribution in [0, 0.1) is 5.82 Å². The van der Waals surface area contributed by atoms with Gasteiger partial charge in [0.2, 0.25) is 0 Å². The van der Waals surface area contributed by atoms with Crippen molar-refractivity contribution in [2.75, 3.05) is 0 Å². The van der Waals surface area contributed by atoms with Crippen LogP contribution in [0.25, 0.3) is 0 Å². The molecule has 0 aliphatic heterocycles. The number of aryl methyl sites for hydroxylation is 1. The van der Waals surface area contributed by atoms with E-state index in [1.807, 2.05) is 12.1 Å². The highest BCUT2D eigenvalue weighted by molar-refractivity contribution is 9.10. The smallest absolute Gasteiger partial charge is 0.169 e. The molecule has 0 amide bonds. The lowest BCUT2D eigenvalue weighted by molar-refractivity contribution is 0.0992. The van der Waals surface area contributed by atoms with E-state index in [0.29, 0.717) is 16.5 Å². The number of carbonyl (C=O) groups is 1. The molecule has 0 atom stereocenters. The zero-order valence-electron chi connectivity index (χ0n) is 9.87. The van der Waals surface area contributed by atoms with E-state index in [1.54, 1.807) is 17.4 Å². The standard InChI is InChI=1S/C14H12BrFOS/c1-2-10-4-5-11(18-10)8-14(17)12-7-9(16)3-6-13(12)15/h3-7H,2,8H2,1H3. The number of thiophene rings is 1. The average molecular weight is 327 g/mol. The number of hydrogen-bond acceptors (Lipinski definition) is 2. The zero-order chi connectivity index (χ0) is 13.1. The fraction of sp³-hybridized carbons (Fsp3) is 0.214. The van der Waals surface area contributed by atoms with Gasteiger partial charge in [0, 0.05) is 26.2 Å². The molecule has 0 aliphatic carbocycles. The highest BCUT2D eigenvalue weighted by atomic mass is 79.9. The topological polar surface area (TPSA) is 17.1 Å². The van der Waals surface area contributed by atoms with Crippen LogP contribution < -0.4 is 0 Å². The van der Waals surface area contributed by atoms with Crippen molar-refractivity contribution in [3.05, 3.63) is 55.9 Å². The number of carbonyl (C=O) groups excluding carboxylic acids is 1. The number of rotatable bonds is 4.